The van der Waals surface area contributed by atoms with Crippen molar-refractivity contribution in [1.29, 1.82) is 0 Å². The number of halogens is 1. The van der Waals surface area contributed by atoms with Gasteiger partial charge in [0.05, 0.1) is 0 Å². The van der Waals surface area contributed by atoms with Gasteiger partial charge in [0.15, 0.2) is 0 Å². The molecule has 1 N–H and O–H groups in total. The van der Waals surface area contributed by atoms with Crippen LogP contribution in [0.25, 0.3) is 0 Å². The molecule has 1 aliphatic carbocycles. The topological polar surface area (TPSA) is 21.3 Å². The Morgan fingerprint density at radius 2 is 2.06 bits per heavy atom. The van der Waals surface area contributed by atoms with Crippen molar-refractivity contribution >= 4 is 15.9 Å². The number of ether oxygens (including phenoxy) is 1. The highest BCUT2D eigenvalue weighted by Crippen LogP contribution is 2.17. The van der Waals surface area contributed by atoms with Crippen LogP contribution in [0, 0.1) is 5.92 Å². The van der Waals surface area contributed by atoms with Crippen molar-refractivity contribution in [2.24, 2.45) is 5.92 Å². The molecule has 0 radical (unpaired) electrons. The fourth-order valence-corrected chi connectivity index (χ4v) is 2.38. The molecule has 0 amide bonds. The zero-order valence-corrected chi connectivity index (χ0v) is 12.2. The van der Waals surface area contributed by atoms with E-state index in [9.17, 15) is 0 Å². The van der Waals surface area contributed by atoms with Gasteiger partial charge in [0.2, 0.25) is 0 Å². The molecule has 3 heteroatoms. The molecule has 0 fully saturated rings. The van der Waals surface area contributed by atoms with Crippen molar-refractivity contribution in [2.75, 3.05) is 19.7 Å². The van der Waals surface area contributed by atoms with E-state index in [4.69, 9.17) is 4.74 Å². The van der Waals surface area contributed by atoms with Gasteiger partial charge in [0.25, 0.3) is 0 Å². The summed E-state index contributed by atoms with van der Waals surface area (Å²) >= 11 is 3.41. The Bertz CT molecular complexity index is 375. The molecule has 0 spiro atoms. The van der Waals surface area contributed by atoms with E-state index >= 15 is 0 Å². The van der Waals surface area contributed by atoms with Gasteiger partial charge >= 0.3 is 0 Å². The predicted molar refractivity (Wildman–Crippen MR) is 79.0 cm³/mol. The number of benzene rings is 1. The van der Waals surface area contributed by atoms with Crippen molar-refractivity contribution < 1.29 is 4.74 Å². The highest BCUT2D eigenvalue weighted by molar-refractivity contribution is 9.10. The van der Waals surface area contributed by atoms with Gasteiger partial charge in [-0.1, -0.05) is 28.1 Å². The van der Waals surface area contributed by atoms with E-state index in [1.54, 1.807) is 0 Å². The van der Waals surface area contributed by atoms with E-state index in [1.165, 1.54) is 19.3 Å². The third-order valence-electron chi connectivity index (χ3n) is 3.17. The summed E-state index contributed by atoms with van der Waals surface area (Å²) in [6.07, 6.45) is 8.36. The molecule has 2 rings (SSSR count). The monoisotopic (exact) mass is 309 g/mol. The van der Waals surface area contributed by atoms with Crippen molar-refractivity contribution in [2.45, 2.75) is 19.3 Å². The first-order valence-corrected chi connectivity index (χ1v) is 7.38. The van der Waals surface area contributed by atoms with Gasteiger partial charge in [-0.15, -0.1) is 0 Å². The zero-order chi connectivity index (χ0) is 12.6. The van der Waals surface area contributed by atoms with Crippen LogP contribution < -0.4 is 10.1 Å². The largest absolute Gasteiger partial charge is 0.492 e. The molecule has 0 heterocycles. The Kier molecular flexibility index (Phi) is 5.75. The molecule has 1 aromatic rings. The molecule has 1 unspecified atom stereocenters. The minimum Gasteiger partial charge on any atom is -0.492 e. The van der Waals surface area contributed by atoms with Crippen LogP contribution in [0.1, 0.15) is 19.3 Å². The highest BCUT2D eigenvalue weighted by atomic mass is 79.9. The number of allylic oxidation sites excluding steroid dienone is 2. The fraction of sp³-hybridized carbons (Fsp3) is 0.467. The van der Waals surface area contributed by atoms with Crippen LogP contribution in [-0.2, 0) is 0 Å². The summed E-state index contributed by atoms with van der Waals surface area (Å²) in [6.45, 7) is 2.74. The summed E-state index contributed by atoms with van der Waals surface area (Å²) < 4.78 is 6.73. The van der Waals surface area contributed by atoms with Gasteiger partial charge < -0.3 is 10.1 Å². The average molecular weight is 310 g/mol. The molecule has 18 heavy (non-hydrogen) atoms. The molecule has 0 bridgehead atoms. The summed E-state index contributed by atoms with van der Waals surface area (Å²) in [5.41, 5.74) is 0. The lowest BCUT2D eigenvalue weighted by Crippen LogP contribution is -2.27. The third-order valence-corrected chi connectivity index (χ3v) is 3.70. The second-order valence-electron chi connectivity index (χ2n) is 4.66. The van der Waals surface area contributed by atoms with E-state index in [0.717, 1.165) is 35.8 Å². The molecule has 1 aromatic carbocycles. The van der Waals surface area contributed by atoms with Crippen LogP contribution in [0.3, 0.4) is 0 Å². The Labute approximate surface area is 118 Å². The second-order valence-corrected chi connectivity index (χ2v) is 5.57. The molecular weight excluding hydrogens is 290 g/mol. The maximum atomic E-state index is 5.65. The molecule has 0 aliphatic heterocycles. The fourth-order valence-electron chi connectivity index (χ4n) is 2.12. The Hall–Kier alpha value is -0.800. The standard InChI is InChI=1S/C15H20BrNO/c16-14-6-8-15(9-7-14)18-11-10-17-12-13-4-2-1-3-5-13/h1-2,6-9,13,17H,3-5,10-12H2. The van der Waals surface area contributed by atoms with E-state index in [1.807, 2.05) is 24.3 Å². The van der Waals surface area contributed by atoms with Crippen LogP contribution in [-0.4, -0.2) is 19.7 Å². The summed E-state index contributed by atoms with van der Waals surface area (Å²) in [6, 6.07) is 7.96. The molecule has 0 saturated heterocycles. The Morgan fingerprint density at radius 3 is 2.78 bits per heavy atom. The third kappa shape index (κ3) is 4.83. The molecule has 1 aliphatic rings. The maximum absolute atomic E-state index is 5.65. The summed E-state index contributed by atoms with van der Waals surface area (Å²) in [4.78, 5) is 0. The van der Waals surface area contributed by atoms with Crippen molar-refractivity contribution in [3.8, 4) is 5.75 Å². The van der Waals surface area contributed by atoms with Gasteiger partial charge in [-0.05, 0) is 56.0 Å². The van der Waals surface area contributed by atoms with Crippen LogP contribution >= 0.6 is 15.9 Å². The number of hydrogen-bond donors (Lipinski definition) is 1. The van der Waals surface area contributed by atoms with Gasteiger partial charge in [-0.3, -0.25) is 0 Å². The molecule has 0 saturated carbocycles. The lowest BCUT2D eigenvalue weighted by molar-refractivity contribution is 0.306. The van der Waals surface area contributed by atoms with Gasteiger partial charge in [-0.25, -0.2) is 0 Å². The van der Waals surface area contributed by atoms with Crippen molar-refractivity contribution in [1.82, 2.24) is 5.32 Å². The van der Waals surface area contributed by atoms with Crippen LogP contribution in [0.15, 0.2) is 40.9 Å². The lowest BCUT2D eigenvalue weighted by atomic mass is 9.94. The smallest absolute Gasteiger partial charge is 0.119 e. The van der Waals surface area contributed by atoms with E-state index < -0.39 is 0 Å². The van der Waals surface area contributed by atoms with E-state index in [2.05, 4.69) is 33.4 Å². The van der Waals surface area contributed by atoms with Gasteiger partial charge in [-0.2, -0.15) is 0 Å². The predicted octanol–water partition coefficient (Wildman–Crippen LogP) is 3.77. The normalized spacial score (nSPS) is 18.8. The summed E-state index contributed by atoms with van der Waals surface area (Å²) in [5, 5.41) is 3.47. The molecule has 0 aromatic heterocycles. The minimum absolute atomic E-state index is 0.726. The highest BCUT2D eigenvalue weighted by Gasteiger charge is 2.08. The zero-order valence-electron chi connectivity index (χ0n) is 10.6. The quantitative estimate of drug-likeness (QED) is 0.638. The van der Waals surface area contributed by atoms with Crippen molar-refractivity contribution in [3.05, 3.63) is 40.9 Å². The molecule has 2 nitrogen and oxygen atoms in total. The Morgan fingerprint density at radius 1 is 1.22 bits per heavy atom. The molecular formula is C15H20BrNO. The van der Waals surface area contributed by atoms with Gasteiger partial charge in [0, 0.05) is 11.0 Å². The maximum Gasteiger partial charge on any atom is 0.119 e. The number of rotatable bonds is 6. The Balaban J connectivity index is 1.55. The average Bonchev–Trinajstić information content (AvgIpc) is 2.42. The lowest BCUT2D eigenvalue weighted by Gasteiger charge is -2.18. The molecule has 98 valence electrons. The number of hydrogen-bond acceptors (Lipinski definition) is 2. The first-order valence-electron chi connectivity index (χ1n) is 6.58. The van der Waals surface area contributed by atoms with Crippen LogP contribution in [0.5, 0.6) is 5.75 Å². The minimum atomic E-state index is 0.726. The first kappa shape index (κ1) is 13.6. The van der Waals surface area contributed by atoms with Crippen LogP contribution in [0.2, 0.25) is 0 Å². The molecule has 1 atom stereocenters. The number of nitrogens with one attached hydrogen (secondary N) is 1. The van der Waals surface area contributed by atoms with E-state index in [0.29, 0.717) is 0 Å². The summed E-state index contributed by atoms with van der Waals surface area (Å²) in [5.74, 6) is 1.74. The SMILES string of the molecule is Brc1ccc(OCCNCC2CC=CCC2)cc1. The first-order chi connectivity index (χ1) is 8.84. The van der Waals surface area contributed by atoms with E-state index in [-0.39, 0.29) is 0 Å². The van der Waals surface area contributed by atoms with Crippen molar-refractivity contribution in [3.63, 3.8) is 0 Å². The summed E-state index contributed by atoms with van der Waals surface area (Å²) in [7, 11) is 0. The van der Waals surface area contributed by atoms with Crippen LogP contribution in [0.4, 0.5) is 0 Å². The van der Waals surface area contributed by atoms with Gasteiger partial charge in [0.1, 0.15) is 12.4 Å². The second kappa shape index (κ2) is 7.59.